The maximum atomic E-state index is 13.1. The molecule has 0 saturated carbocycles. The van der Waals surface area contributed by atoms with Crippen molar-refractivity contribution in [1.82, 2.24) is 14.9 Å². The number of aliphatic hydroxyl groups excluding tert-OH is 1. The summed E-state index contributed by atoms with van der Waals surface area (Å²) in [6.45, 7) is 0.199. The lowest BCUT2D eigenvalue weighted by atomic mass is 10.1. The maximum Gasteiger partial charge on any atom is 0.417 e. The van der Waals surface area contributed by atoms with Gasteiger partial charge in [0.05, 0.1) is 35.4 Å². The van der Waals surface area contributed by atoms with Crippen molar-refractivity contribution in [2.24, 2.45) is 0 Å². The fraction of sp³-hybridized carbons (Fsp3) is 0.438. The molecular formula is C16H16F3N3O3. The second-order valence-electron chi connectivity index (χ2n) is 6.03. The lowest BCUT2D eigenvalue weighted by molar-refractivity contribution is -0.136. The third-order valence-corrected chi connectivity index (χ3v) is 4.26. The van der Waals surface area contributed by atoms with Crippen molar-refractivity contribution in [2.75, 3.05) is 6.54 Å². The highest BCUT2D eigenvalue weighted by atomic mass is 19.4. The summed E-state index contributed by atoms with van der Waals surface area (Å²) in [6, 6.07) is 2.91. The number of nitrogens with one attached hydrogen (secondary N) is 1. The molecule has 2 heterocycles. The molecule has 0 aliphatic carbocycles. The number of rotatable bonds is 4. The van der Waals surface area contributed by atoms with Crippen molar-refractivity contribution in [2.45, 2.75) is 37.7 Å². The molecule has 0 amide bonds. The Morgan fingerprint density at radius 3 is 2.80 bits per heavy atom. The van der Waals surface area contributed by atoms with E-state index in [2.05, 4.69) is 10.3 Å². The normalized spacial score (nSPS) is 21.0. The number of benzene rings is 1. The van der Waals surface area contributed by atoms with E-state index in [4.69, 9.17) is 0 Å². The molecule has 2 aromatic rings. The van der Waals surface area contributed by atoms with Crippen LogP contribution >= 0.6 is 0 Å². The molecule has 134 valence electrons. The summed E-state index contributed by atoms with van der Waals surface area (Å²) in [7, 11) is 0. The molecule has 1 aromatic carbocycles. The highest BCUT2D eigenvalue weighted by Crippen LogP contribution is 2.32. The smallest absolute Gasteiger partial charge is 0.391 e. The standard InChI is InChI=1S/C16H16F3N3O3/c17-16(18,19)10-2-1-3-11-14(10)15(25)22(8-21-11)7-9(23)6-12-13(24)4-5-20-12/h1-3,8,12-13,20,24H,4-7H2/t12-,13+/m1/s1. The van der Waals surface area contributed by atoms with Gasteiger partial charge in [-0.3, -0.25) is 14.2 Å². The Hall–Kier alpha value is -2.26. The zero-order valence-corrected chi connectivity index (χ0v) is 13.1. The third kappa shape index (κ3) is 3.57. The van der Waals surface area contributed by atoms with E-state index in [0.717, 1.165) is 17.0 Å². The number of hydrogen-bond donors (Lipinski definition) is 2. The van der Waals surface area contributed by atoms with Crippen molar-refractivity contribution in [3.05, 3.63) is 40.4 Å². The Kier molecular flexibility index (Phi) is 4.61. The number of fused-ring (bicyclic) bond motifs is 1. The minimum Gasteiger partial charge on any atom is -0.391 e. The number of Topliss-reactive ketones (excluding diaryl/α,β-unsaturated/α-hetero) is 1. The monoisotopic (exact) mass is 355 g/mol. The van der Waals surface area contributed by atoms with Crippen LogP contribution < -0.4 is 10.9 Å². The second kappa shape index (κ2) is 6.57. The molecule has 0 bridgehead atoms. The van der Waals surface area contributed by atoms with Crippen LogP contribution in [-0.4, -0.2) is 39.1 Å². The first-order valence-electron chi connectivity index (χ1n) is 7.76. The molecule has 25 heavy (non-hydrogen) atoms. The predicted molar refractivity (Wildman–Crippen MR) is 83.0 cm³/mol. The number of carbonyl (C=O) groups is 1. The van der Waals surface area contributed by atoms with Gasteiger partial charge in [0.1, 0.15) is 0 Å². The van der Waals surface area contributed by atoms with Crippen molar-refractivity contribution in [1.29, 1.82) is 0 Å². The molecular weight excluding hydrogens is 339 g/mol. The van der Waals surface area contributed by atoms with Crippen LogP contribution in [0.25, 0.3) is 10.9 Å². The van der Waals surface area contributed by atoms with Gasteiger partial charge in [-0.25, -0.2) is 4.98 Å². The molecule has 1 saturated heterocycles. The second-order valence-corrected chi connectivity index (χ2v) is 6.03. The van der Waals surface area contributed by atoms with Crippen LogP contribution in [-0.2, 0) is 17.5 Å². The minimum absolute atomic E-state index is 0.00738. The van der Waals surface area contributed by atoms with E-state index in [1.807, 2.05) is 0 Å². The quantitative estimate of drug-likeness (QED) is 0.858. The first-order chi connectivity index (χ1) is 11.8. The van der Waals surface area contributed by atoms with Crippen molar-refractivity contribution in [3.8, 4) is 0 Å². The summed E-state index contributed by atoms with van der Waals surface area (Å²) in [6.07, 6.45) is -3.74. The molecule has 2 atom stereocenters. The summed E-state index contributed by atoms with van der Waals surface area (Å²) in [5.41, 5.74) is -2.06. The number of halogens is 3. The van der Waals surface area contributed by atoms with Crippen molar-refractivity contribution >= 4 is 16.7 Å². The number of aliphatic hydroxyl groups is 1. The fourth-order valence-corrected chi connectivity index (χ4v) is 3.01. The lowest BCUT2D eigenvalue weighted by Crippen LogP contribution is -2.35. The highest BCUT2D eigenvalue weighted by Gasteiger charge is 2.34. The summed E-state index contributed by atoms with van der Waals surface area (Å²) >= 11 is 0. The number of hydrogen-bond acceptors (Lipinski definition) is 5. The van der Waals surface area contributed by atoms with Gasteiger partial charge in [0, 0.05) is 12.5 Å². The maximum absolute atomic E-state index is 13.1. The Morgan fingerprint density at radius 1 is 1.40 bits per heavy atom. The lowest BCUT2D eigenvalue weighted by Gasteiger charge is -2.15. The van der Waals surface area contributed by atoms with E-state index in [0.29, 0.717) is 13.0 Å². The van der Waals surface area contributed by atoms with Crippen molar-refractivity contribution in [3.63, 3.8) is 0 Å². The highest BCUT2D eigenvalue weighted by molar-refractivity contribution is 5.83. The first kappa shape index (κ1) is 17.6. The van der Waals surface area contributed by atoms with Crippen LogP contribution in [0.1, 0.15) is 18.4 Å². The zero-order chi connectivity index (χ0) is 18.2. The van der Waals surface area contributed by atoms with Crippen LogP contribution in [0.4, 0.5) is 13.2 Å². The topological polar surface area (TPSA) is 84.2 Å². The molecule has 0 unspecified atom stereocenters. The van der Waals surface area contributed by atoms with Crippen LogP contribution in [0.3, 0.4) is 0 Å². The van der Waals surface area contributed by atoms with Gasteiger partial charge in [0.25, 0.3) is 5.56 Å². The van der Waals surface area contributed by atoms with E-state index in [1.165, 1.54) is 12.1 Å². The van der Waals surface area contributed by atoms with Gasteiger partial charge in [-0.1, -0.05) is 6.07 Å². The zero-order valence-electron chi connectivity index (χ0n) is 13.1. The molecule has 1 aliphatic heterocycles. The van der Waals surface area contributed by atoms with Gasteiger partial charge < -0.3 is 10.4 Å². The molecule has 2 N–H and O–H groups in total. The van der Waals surface area contributed by atoms with Gasteiger partial charge in [-0.05, 0) is 25.1 Å². The largest absolute Gasteiger partial charge is 0.417 e. The van der Waals surface area contributed by atoms with Gasteiger partial charge in [0.15, 0.2) is 5.78 Å². The summed E-state index contributed by atoms with van der Waals surface area (Å²) in [4.78, 5) is 28.4. The number of aromatic nitrogens is 2. The van der Waals surface area contributed by atoms with Crippen LogP contribution in [0, 0.1) is 0 Å². The van der Waals surface area contributed by atoms with Gasteiger partial charge >= 0.3 is 6.18 Å². The Balaban J connectivity index is 1.91. The molecule has 0 spiro atoms. The number of alkyl halides is 3. The van der Waals surface area contributed by atoms with E-state index in [-0.39, 0.29) is 17.7 Å². The molecule has 9 heteroatoms. The average Bonchev–Trinajstić information content (AvgIpc) is 2.94. The third-order valence-electron chi connectivity index (χ3n) is 4.26. The van der Waals surface area contributed by atoms with E-state index in [1.54, 1.807) is 0 Å². The SMILES string of the molecule is O=C(C[C@H]1NCC[C@@H]1O)Cn1cnc2cccc(C(F)(F)F)c2c1=O. The van der Waals surface area contributed by atoms with E-state index in [9.17, 15) is 27.9 Å². The van der Waals surface area contributed by atoms with E-state index >= 15 is 0 Å². The Labute approximate surface area is 140 Å². The average molecular weight is 355 g/mol. The summed E-state index contributed by atoms with van der Waals surface area (Å²) < 4.78 is 40.3. The minimum atomic E-state index is -4.69. The van der Waals surface area contributed by atoms with Crippen LogP contribution in [0.5, 0.6) is 0 Å². The van der Waals surface area contributed by atoms with Gasteiger partial charge in [0.2, 0.25) is 0 Å². The molecule has 1 aromatic heterocycles. The summed E-state index contributed by atoms with van der Waals surface area (Å²) in [5.74, 6) is -0.369. The fourth-order valence-electron chi connectivity index (χ4n) is 3.01. The molecule has 1 fully saturated rings. The number of carbonyl (C=O) groups excluding carboxylic acids is 1. The Bertz CT molecular complexity index is 863. The molecule has 3 rings (SSSR count). The number of nitrogens with zero attached hydrogens (tertiary/aromatic N) is 2. The van der Waals surface area contributed by atoms with Gasteiger partial charge in [-0.15, -0.1) is 0 Å². The molecule has 0 radical (unpaired) electrons. The Morgan fingerprint density at radius 2 is 2.16 bits per heavy atom. The van der Waals surface area contributed by atoms with Crippen LogP contribution in [0.2, 0.25) is 0 Å². The van der Waals surface area contributed by atoms with Crippen LogP contribution in [0.15, 0.2) is 29.3 Å². The predicted octanol–water partition coefficient (Wildman–Crippen LogP) is 1.10. The molecule has 6 nitrogen and oxygen atoms in total. The number of ketones is 1. The summed E-state index contributed by atoms with van der Waals surface area (Å²) in [5, 5.41) is 12.1. The van der Waals surface area contributed by atoms with Crippen molar-refractivity contribution < 1.29 is 23.1 Å². The first-order valence-corrected chi connectivity index (χ1v) is 7.76. The molecule has 1 aliphatic rings. The van der Waals surface area contributed by atoms with Gasteiger partial charge in [-0.2, -0.15) is 13.2 Å². The van der Waals surface area contributed by atoms with E-state index < -0.39 is 41.4 Å².